The highest BCUT2D eigenvalue weighted by Crippen LogP contribution is 2.38. The minimum Gasteiger partial charge on any atom is -0.335 e. The SMILES string of the molecule is CCCCCCCCCCCCCCCCCCC(Cc1ccccc1)(Cc1nccn1CCCCCCCCCCCC)c1ccccc1. The van der Waals surface area contributed by atoms with E-state index in [-0.39, 0.29) is 5.41 Å². The molecule has 0 N–H and O–H groups in total. The molecule has 3 rings (SSSR count). The Labute approximate surface area is 310 Å². The van der Waals surface area contributed by atoms with Crippen LogP contribution in [0.1, 0.15) is 204 Å². The maximum absolute atomic E-state index is 5.02. The quantitative estimate of drug-likeness (QED) is 0.0585. The van der Waals surface area contributed by atoms with Crippen LogP contribution >= 0.6 is 0 Å². The molecule has 50 heavy (non-hydrogen) atoms. The van der Waals surface area contributed by atoms with Crippen LogP contribution in [0, 0.1) is 0 Å². The van der Waals surface area contributed by atoms with E-state index in [0.717, 1.165) is 19.4 Å². The molecule has 1 aromatic heterocycles. The van der Waals surface area contributed by atoms with Gasteiger partial charge in [-0.1, -0.05) is 235 Å². The molecule has 0 aliphatic rings. The summed E-state index contributed by atoms with van der Waals surface area (Å²) in [6, 6.07) is 22.7. The third kappa shape index (κ3) is 18.2. The lowest BCUT2D eigenvalue weighted by molar-refractivity contribution is 0.353. The normalized spacial score (nSPS) is 12.8. The molecule has 0 saturated heterocycles. The van der Waals surface area contributed by atoms with Gasteiger partial charge in [0.15, 0.2) is 0 Å². The lowest BCUT2D eigenvalue weighted by Gasteiger charge is -2.35. The standard InChI is InChI=1S/C48H78N2/c1-3-5-7-9-11-13-15-16-17-18-19-20-21-23-25-33-39-48(46-37-31-28-32-38-46,43-45-35-29-27-30-36-45)44-47-49-40-42-50(47)41-34-26-24-22-14-12-10-8-6-4-2/h27-32,35-38,40,42H,3-26,33-34,39,41,43-44H2,1-2H3. The highest BCUT2D eigenvalue weighted by atomic mass is 15.1. The van der Waals surface area contributed by atoms with Crippen molar-refractivity contribution in [3.05, 3.63) is 90.0 Å². The number of hydrogen-bond donors (Lipinski definition) is 0. The third-order valence-electron chi connectivity index (χ3n) is 11.3. The first-order valence-electron chi connectivity index (χ1n) is 21.9. The molecule has 1 unspecified atom stereocenters. The summed E-state index contributed by atoms with van der Waals surface area (Å²) in [6.45, 7) is 5.71. The first-order chi connectivity index (χ1) is 24.8. The van der Waals surface area contributed by atoms with E-state index in [1.54, 1.807) is 0 Å². The number of benzene rings is 2. The van der Waals surface area contributed by atoms with Gasteiger partial charge in [-0.2, -0.15) is 0 Å². The molecule has 0 aliphatic heterocycles. The van der Waals surface area contributed by atoms with Crippen LogP contribution in [0.4, 0.5) is 0 Å². The van der Waals surface area contributed by atoms with Crippen LogP contribution in [-0.2, 0) is 24.8 Å². The van der Waals surface area contributed by atoms with Crippen molar-refractivity contribution in [1.29, 1.82) is 0 Å². The Bertz CT molecular complexity index is 1150. The van der Waals surface area contributed by atoms with Crippen molar-refractivity contribution in [3.63, 3.8) is 0 Å². The van der Waals surface area contributed by atoms with Crippen molar-refractivity contribution in [3.8, 4) is 0 Å². The number of rotatable bonds is 33. The Balaban J connectivity index is 1.47. The molecule has 2 heteroatoms. The van der Waals surface area contributed by atoms with E-state index < -0.39 is 0 Å². The molecule has 0 radical (unpaired) electrons. The zero-order valence-corrected chi connectivity index (χ0v) is 33.0. The zero-order valence-electron chi connectivity index (χ0n) is 33.0. The maximum atomic E-state index is 5.02. The lowest BCUT2D eigenvalue weighted by atomic mass is 9.69. The molecule has 1 heterocycles. The monoisotopic (exact) mass is 683 g/mol. The van der Waals surface area contributed by atoms with Crippen LogP contribution in [0.3, 0.4) is 0 Å². The van der Waals surface area contributed by atoms with Gasteiger partial charge in [-0.25, -0.2) is 4.98 Å². The second kappa shape index (κ2) is 28.3. The Kier molecular flexibility index (Phi) is 23.8. The van der Waals surface area contributed by atoms with Gasteiger partial charge in [0.2, 0.25) is 0 Å². The average Bonchev–Trinajstić information content (AvgIpc) is 3.59. The van der Waals surface area contributed by atoms with E-state index in [2.05, 4.69) is 91.5 Å². The second-order valence-corrected chi connectivity index (χ2v) is 15.8. The number of aromatic nitrogens is 2. The van der Waals surface area contributed by atoms with E-state index >= 15 is 0 Å². The van der Waals surface area contributed by atoms with Crippen LogP contribution in [0.15, 0.2) is 73.1 Å². The molecule has 0 amide bonds. The average molecular weight is 683 g/mol. The summed E-state index contributed by atoms with van der Waals surface area (Å²) in [5, 5.41) is 0. The molecular weight excluding hydrogens is 605 g/mol. The van der Waals surface area contributed by atoms with Gasteiger partial charge in [0.1, 0.15) is 5.82 Å². The third-order valence-corrected chi connectivity index (χ3v) is 11.3. The fourth-order valence-electron chi connectivity index (χ4n) is 8.16. The summed E-state index contributed by atoms with van der Waals surface area (Å²) < 4.78 is 2.49. The summed E-state index contributed by atoms with van der Waals surface area (Å²) in [7, 11) is 0. The number of imidazole rings is 1. The Morgan fingerprint density at radius 2 is 0.880 bits per heavy atom. The second-order valence-electron chi connectivity index (χ2n) is 15.8. The fourth-order valence-corrected chi connectivity index (χ4v) is 8.16. The van der Waals surface area contributed by atoms with E-state index in [4.69, 9.17) is 4.98 Å². The number of aryl methyl sites for hydroxylation is 1. The predicted octanol–water partition coefficient (Wildman–Crippen LogP) is 15.2. The summed E-state index contributed by atoms with van der Waals surface area (Å²) in [5.41, 5.74) is 2.98. The van der Waals surface area contributed by atoms with E-state index in [1.165, 1.54) is 190 Å². The molecule has 280 valence electrons. The summed E-state index contributed by atoms with van der Waals surface area (Å²) in [4.78, 5) is 5.02. The molecule has 2 aromatic carbocycles. The minimum absolute atomic E-state index is 0.0551. The first-order valence-corrected chi connectivity index (χ1v) is 21.9. The van der Waals surface area contributed by atoms with Crippen molar-refractivity contribution >= 4 is 0 Å². The molecule has 1 atom stereocenters. The van der Waals surface area contributed by atoms with Crippen molar-refractivity contribution in [2.24, 2.45) is 0 Å². The molecule has 3 aromatic rings. The van der Waals surface area contributed by atoms with Crippen LogP contribution < -0.4 is 0 Å². The van der Waals surface area contributed by atoms with Crippen LogP contribution in [0.25, 0.3) is 0 Å². The van der Waals surface area contributed by atoms with Crippen molar-refractivity contribution in [2.75, 3.05) is 0 Å². The fraction of sp³-hybridized carbons (Fsp3) is 0.688. The summed E-state index contributed by atoms with van der Waals surface area (Å²) in [5.74, 6) is 1.28. The molecular formula is C48H78N2. The Hall–Kier alpha value is -2.35. The smallest absolute Gasteiger partial charge is 0.109 e. The van der Waals surface area contributed by atoms with E-state index in [0.29, 0.717) is 0 Å². The van der Waals surface area contributed by atoms with Gasteiger partial charge in [-0.05, 0) is 30.4 Å². The van der Waals surface area contributed by atoms with E-state index in [9.17, 15) is 0 Å². The molecule has 2 nitrogen and oxygen atoms in total. The molecule has 0 fully saturated rings. The molecule has 0 spiro atoms. The van der Waals surface area contributed by atoms with Gasteiger partial charge in [0, 0.05) is 30.8 Å². The number of unbranched alkanes of at least 4 members (excludes halogenated alkanes) is 24. The largest absolute Gasteiger partial charge is 0.335 e. The van der Waals surface area contributed by atoms with Gasteiger partial charge >= 0.3 is 0 Å². The van der Waals surface area contributed by atoms with Crippen molar-refractivity contribution in [1.82, 2.24) is 9.55 Å². The van der Waals surface area contributed by atoms with Crippen LogP contribution in [0.5, 0.6) is 0 Å². The maximum Gasteiger partial charge on any atom is 0.109 e. The predicted molar refractivity (Wildman–Crippen MR) is 220 cm³/mol. The first kappa shape index (κ1) is 42.1. The number of nitrogens with zero attached hydrogens (tertiary/aromatic N) is 2. The lowest BCUT2D eigenvalue weighted by Crippen LogP contribution is -2.33. The van der Waals surface area contributed by atoms with Crippen molar-refractivity contribution < 1.29 is 0 Å². The molecule has 0 bridgehead atoms. The highest BCUT2D eigenvalue weighted by Gasteiger charge is 2.34. The Morgan fingerprint density at radius 1 is 0.460 bits per heavy atom. The van der Waals surface area contributed by atoms with Gasteiger partial charge < -0.3 is 4.57 Å². The molecule has 0 saturated carbocycles. The minimum atomic E-state index is 0.0551. The summed E-state index contributed by atoms with van der Waals surface area (Å²) >= 11 is 0. The zero-order chi connectivity index (χ0) is 35.2. The molecule has 0 aliphatic carbocycles. The van der Waals surface area contributed by atoms with Crippen molar-refractivity contribution in [2.45, 2.75) is 212 Å². The highest BCUT2D eigenvalue weighted by molar-refractivity contribution is 5.31. The van der Waals surface area contributed by atoms with Crippen LogP contribution in [-0.4, -0.2) is 9.55 Å². The van der Waals surface area contributed by atoms with Crippen LogP contribution in [0.2, 0.25) is 0 Å². The van der Waals surface area contributed by atoms with Gasteiger partial charge in [-0.3, -0.25) is 0 Å². The summed E-state index contributed by atoms with van der Waals surface area (Å²) in [6.07, 6.45) is 44.1. The topological polar surface area (TPSA) is 17.8 Å². The van der Waals surface area contributed by atoms with Gasteiger partial charge in [0.25, 0.3) is 0 Å². The van der Waals surface area contributed by atoms with E-state index in [1.807, 2.05) is 0 Å². The number of hydrogen-bond acceptors (Lipinski definition) is 1. The van der Waals surface area contributed by atoms with Gasteiger partial charge in [0.05, 0.1) is 0 Å². The van der Waals surface area contributed by atoms with Gasteiger partial charge in [-0.15, -0.1) is 0 Å². The Morgan fingerprint density at radius 3 is 1.36 bits per heavy atom.